The summed E-state index contributed by atoms with van der Waals surface area (Å²) in [5.41, 5.74) is 0.422. The van der Waals surface area contributed by atoms with Gasteiger partial charge >= 0.3 is 0 Å². The van der Waals surface area contributed by atoms with Crippen molar-refractivity contribution in [2.24, 2.45) is 11.8 Å². The van der Waals surface area contributed by atoms with E-state index in [4.69, 9.17) is 32.7 Å². The predicted octanol–water partition coefficient (Wildman–Crippen LogP) is 1.65. The van der Waals surface area contributed by atoms with Crippen molar-refractivity contribution in [3.8, 4) is 0 Å². The molecule has 4 saturated heterocycles. The van der Waals surface area contributed by atoms with E-state index < -0.39 is 11.8 Å². The number of hydrogen-bond donors (Lipinski definition) is 0. The molecule has 0 aliphatic carbocycles. The number of benzene rings is 1. The van der Waals surface area contributed by atoms with Crippen LogP contribution in [0.3, 0.4) is 0 Å². The maximum Gasteiger partial charge on any atom is 0.240 e. The van der Waals surface area contributed by atoms with Crippen molar-refractivity contribution >= 4 is 40.7 Å². The van der Waals surface area contributed by atoms with Crippen LogP contribution in [0.4, 0.5) is 5.69 Å². The first-order chi connectivity index (χ1) is 10.1. The standard InChI is InChI=1S/C14H9Cl2NO4/c15-4-1-5(16)3-6(2-4)17-13(18)7-8(14(17)19)10-12-11(21-12)9(7)20-10/h1-3,7-12H/t7-,8?,9?,10?,11-,12+/m0/s1. The highest BCUT2D eigenvalue weighted by molar-refractivity contribution is 6.35. The van der Waals surface area contributed by atoms with Crippen molar-refractivity contribution in [3.63, 3.8) is 0 Å². The Hall–Kier alpha value is -1.14. The van der Waals surface area contributed by atoms with Crippen LogP contribution in [0.5, 0.6) is 0 Å². The van der Waals surface area contributed by atoms with Crippen LogP contribution in [-0.4, -0.2) is 36.2 Å². The summed E-state index contributed by atoms with van der Waals surface area (Å²) in [6.45, 7) is 0. The highest BCUT2D eigenvalue weighted by Gasteiger charge is 2.75. The van der Waals surface area contributed by atoms with Crippen molar-refractivity contribution in [1.29, 1.82) is 0 Å². The minimum absolute atomic E-state index is 0.0177. The summed E-state index contributed by atoms with van der Waals surface area (Å²) in [5.74, 6) is -1.37. The number of carbonyl (C=O) groups excluding carboxylic acids is 2. The molecule has 21 heavy (non-hydrogen) atoms. The minimum Gasteiger partial charge on any atom is -0.368 e. The number of rotatable bonds is 1. The third-order valence-corrected chi connectivity index (χ3v) is 5.17. The first kappa shape index (κ1) is 12.4. The summed E-state index contributed by atoms with van der Waals surface area (Å²) in [6.07, 6.45) is -0.617. The molecule has 0 N–H and O–H groups in total. The van der Waals surface area contributed by atoms with Gasteiger partial charge in [0.2, 0.25) is 11.8 Å². The molecule has 4 fully saturated rings. The zero-order chi connectivity index (χ0) is 14.5. The van der Waals surface area contributed by atoms with Crippen LogP contribution < -0.4 is 4.90 Å². The van der Waals surface area contributed by atoms with Gasteiger partial charge in [0.25, 0.3) is 0 Å². The van der Waals surface area contributed by atoms with Crippen LogP contribution in [0, 0.1) is 11.8 Å². The van der Waals surface area contributed by atoms with Gasteiger partial charge < -0.3 is 9.47 Å². The Labute approximate surface area is 129 Å². The number of halogens is 2. The normalized spacial score (nSPS) is 42.5. The van der Waals surface area contributed by atoms with E-state index in [-0.39, 0.29) is 36.2 Å². The molecule has 0 radical (unpaired) electrons. The highest BCUT2D eigenvalue weighted by Crippen LogP contribution is 2.57. The molecular weight excluding hydrogens is 317 g/mol. The first-order valence-corrected chi connectivity index (χ1v) is 7.47. The van der Waals surface area contributed by atoms with Crippen molar-refractivity contribution < 1.29 is 19.1 Å². The van der Waals surface area contributed by atoms with Crippen LogP contribution in [-0.2, 0) is 19.1 Å². The van der Waals surface area contributed by atoms with E-state index in [1.54, 1.807) is 18.2 Å². The number of ether oxygens (including phenoxy) is 2. The summed E-state index contributed by atoms with van der Waals surface area (Å²) < 4.78 is 11.2. The number of amides is 2. The highest BCUT2D eigenvalue weighted by atomic mass is 35.5. The topological polar surface area (TPSA) is 59.1 Å². The maximum absolute atomic E-state index is 12.7. The second kappa shape index (κ2) is 3.79. The molecule has 5 rings (SSSR count). The van der Waals surface area contributed by atoms with E-state index in [1.165, 1.54) is 4.90 Å². The van der Waals surface area contributed by atoms with Gasteiger partial charge in [0.1, 0.15) is 12.2 Å². The summed E-state index contributed by atoms with van der Waals surface area (Å²) in [5, 5.41) is 0.779. The molecule has 2 bridgehead atoms. The Morgan fingerprint density at radius 3 is 1.81 bits per heavy atom. The van der Waals surface area contributed by atoms with E-state index in [9.17, 15) is 9.59 Å². The lowest BCUT2D eigenvalue weighted by atomic mass is 9.81. The second-order valence-corrected chi connectivity index (χ2v) is 6.69. The number of hydrogen-bond acceptors (Lipinski definition) is 4. The Kier molecular flexibility index (Phi) is 2.24. The summed E-state index contributed by atoms with van der Waals surface area (Å²) in [7, 11) is 0. The number of carbonyl (C=O) groups is 2. The molecule has 2 amide bonds. The molecule has 5 nitrogen and oxygen atoms in total. The molecule has 4 aliphatic heterocycles. The minimum atomic E-state index is -0.441. The zero-order valence-corrected chi connectivity index (χ0v) is 12.0. The van der Waals surface area contributed by atoms with Crippen molar-refractivity contribution in [3.05, 3.63) is 28.2 Å². The van der Waals surface area contributed by atoms with E-state index in [0.29, 0.717) is 15.7 Å². The fourth-order valence-corrected chi connectivity index (χ4v) is 4.42. The van der Waals surface area contributed by atoms with Gasteiger partial charge in [-0.05, 0) is 18.2 Å². The fraction of sp³-hybridized carbons (Fsp3) is 0.429. The number of nitrogens with zero attached hydrogens (tertiary/aromatic N) is 1. The third kappa shape index (κ3) is 1.45. The summed E-state index contributed by atoms with van der Waals surface area (Å²) >= 11 is 11.9. The molecule has 1 aromatic rings. The van der Waals surface area contributed by atoms with Crippen LogP contribution in [0.2, 0.25) is 10.0 Å². The number of imide groups is 1. The molecule has 1 aromatic carbocycles. The molecule has 3 unspecified atom stereocenters. The van der Waals surface area contributed by atoms with Crippen LogP contribution >= 0.6 is 23.2 Å². The van der Waals surface area contributed by atoms with Gasteiger partial charge in [-0.2, -0.15) is 0 Å². The van der Waals surface area contributed by atoms with Crippen LogP contribution in [0.1, 0.15) is 0 Å². The average molecular weight is 326 g/mol. The molecular formula is C14H9Cl2NO4. The van der Waals surface area contributed by atoms with Crippen molar-refractivity contribution in [2.75, 3.05) is 4.90 Å². The first-order valence-electron chi connectivity index (χ1n) is 6.71. The predicted molar refractivity (Wildman–Crippen MR) is 73.3 cm³/mol. The van der Waals surface area contributed by atoms with Gasteiger partial charge in [-0.3, -0.25) is 9.59 Å². The molecule has 7 heteroatoms. The van der Waals surface area contributed by atoms with Gasteiger partial charge in [-0.1, -0.05) is 23.2 Å². The van der Waals surface area contributed by atoms with E-state index in [2.05, 4.69) is 0 Å². The fourth-order valence-electron chi connectivity index (χ4n) is 3.91. The smallest absolute Gasteiger partial charge is 0.240 e. The molecule has 4 aliphatic rings. The Balaban J connectivity index is 1.58. The van der Waals surface area contributed by atoms with Gasteiger partial charge in [-0.15, -0.1) is 0 Å². The van der Waals surface area contributed by atoms with E-state index in [0.717, 1.165) is 0 Å². The Morgan fingerprint density at radius 1 is 0.810 bits per heavy atom. The molecule has 0 aromatic heterocycles. The average Bonchev–Trinajstić information content (AvgIpc) is 2.92. The molecule has 4 heterocycles. The maximum atomic E-state index is 12.7. The van der Waals surface area contributed by atoms with Gasteiger partial charge in [0.15, 0.2) is 0 Å². The summed E-state index contributed by atoms with van der Waals surface area (Å²) in [4.78, 5) is 26.5. The lowest BCUT2D eigenvalue weighted by Crippen LogP contribution is -2.35. The largest absolute Gasteiger partial charge is 0.368 e. The van der Waals surface area contributed by atoms with Crippen molar-refractivity contribution in [1.82, 2.24) is 0 Å². The van der Waals surface area contributed by atoms with Crippen LogP contribution in [0.25, 0.3) is 0 Å². The quantitative estimate of drug-likeness (QED) is 0.582. The molecule has 0 spiro atoms. The summed E-state index contributed by atoms with van der Waals surface area (Å²) in [6, 6.07) is 4.71. The van der Waals surface area contributed by atoms with Crippen molar-refractivity contribution in [2.45, 2.75) is 24.4 Å². The lowest BCUT2D eigenvalue weighted by molar-refractivity contribution is -0.126. The molecule has 108 valence electrons. The van der Waals surface area contributed by atoms with E-state index in [1.807, 2.05) is 0 Å². The molecule has 6 atom stereocenters. The zero-order valence-electron chi connectivity index (χ0n) is 10.5. The third-order valence-electron chi connectivity index (χ3n) is 4.73. The Bertz CT molecular complexity index is 656. The second-order valence-electron chi connectivity index (χ2n) is 5.82. The lowest BCUT2D eigenvalue weighted by Gasteiger charge is -2.18. The van der Waals surface area contributed by atoms with Gasteiger partial charge in [0, 0.05) is 10.0 Å². The number of epoxide rings is 1. The number of anilines is 1. The molecule has 0 saturated carbocycles. The van der Waals surface area contributed by atoms with Gasteiger partial charge in [-0.25, -0.2) is 4.90 Å². The van der Waals surface area contributed by atoms with Crippen LogP contribution in [0.15, 0.2) is 18.2 Å². The van der Waals surface area contributed by atoms with E-state index >= 15 is 0 Å². The van der Waals surface area contributed by atoms with Gasteiger partial charge in [0.05, 0.1) is 29.7 Å². The monoisotopic (exact) mass is 325 g/mol. The Morgan fingerprint density at radius 2 is 1.29 bits per heavy atom. The SMILES string of the molecule is O=C1C2C3OC([C@H]2C(=O)N1c1cc(Cl)cc(Cl)c1)[C@@H]1O[C@H]31. The number of fused-ring (bicyclic) bond motifs is 8.